The van der Waals surface area contributed by atoms with E-state index in [4.69, 9.17) is 4.74 Å². The maximum Gasteiger partial charge on any atom is 0.408 e. The number of benzene rings is 2. The Morgan fingerprint density at radius 1 is 0.933 bits per heavy atom. The van der Waals surface area contributed by atoms with Crippen LogP contribution in [0, 0.1) is 6.92 Å². The van der Waals surface area contributed by atoms with Crippen molar-refractivity contribution in [3.05, 3.63) is 71.8 Å². The van der Waals surface area contributed by atoms with Gasteiger partial charge in [0.1, 0.15) is 12.1 Å². The molecule has 2 aromatic rings. The number of rotatable bonds is 6. The van der Waals surface area contributed by atoms with Gasteiger partial charge in [0.05, 0.1) is 6.04 Å². The van der Waals surface area contributed by atoms with Gasteiger partial charge in [0.2, 0.25) is 5.91 Å². The molecule has 2 rings (SSSR count). The first-order chi connectivity index (χ1) is 14.1. The van der Waals surface area contributed by atoms with E-state index in [1.807, 2.05) is 48.5 Å². The van der Waals surface area contributed by atoms with Gasteiger partial charge >= 0.3 is 6.09 Å². The minimum Gasteiger partial charge on any atom is -0.444 e. The predicted molar refractivity (Wildman–Crippen MR) is 118 cm³/mol. The average Bonchev–Trinajstić information content (AvgIpc) is 2.66. The van der Waals surface area contributed by atoms with Gasteiger partial charge in [-0.05, 0) is 46.6 Å². The maximum absolute atomic E-state index is 11.9. The first kappa shape index (κ1) is 24.9. The van der Waals surface area contributed by atoms with Crippen molar-refractivity contribution in [2.75, 3.05) is 6.54 Å². The largest absolute Gasteiger partial charge is 0.444 e. The van der Waals surface area contributed by atoms with E-state index >= 15 is 0 Å². The summed E-state index contributed by atoms with van der Waals surface area (Å²) in [7, 11) is 0. The van der Waals surface area contributed by atoms with Crippen LogP contribution >= 0.6 is 0 Å². The van der Waals surface area contributed by atoms with Crippen molar-refractivity contribution < 1.29 is 19.1 Å². The Bertz CT molecular complexity index is 799. The molecule has 6 heteroatoms. The fraction of sp³-hybridized carbons (Fsp3) is 0.375. The second-order valence-corrected chi connectivity index (χ2v) is 7.93. The van der Waals surface area contributed by atoms with E-state index in [0.717, 1.165) is 5.56 Å². The molecule has 0 saturated carbocycles. The molecule has 30 heavy (non-hydrogen) atoms. The molecule has 1 unspecified atom stereocenters. The van der Waals surface area contributed by atoms with Crippen LogP contribution in [-0.4, -0.2) is 36.0 Å². The van der Waals surface area contributed by atoms with E-state index in [2.05, 4.69) is 29.7 Å². The summed E-state index contributed by atoms with van der Waals surface area (Å²) in [5.41, 5.74) is 1.64. The number of ketones is 1. The van der Waals surface area contributed by atoms with Gasteiger partial charge in [-0.3, -0.25) is 9.59 Å². The zero-order valence-electron chi connectivity index (χ0n) is 18.4. The van der Waals surface area contributed by atoms with Crippen LogP contribution < -0.4 is 10.6 Å². The van der Waals surface area contributed by atoms with Gasteiger partial charge in [0.25, 0.3) is 0 Å². The van der Waals surface area contributed by atoms with E-state index in [1.54, 1.807) is 20.8 Å². The maximum atomic E-state index is 11.9. The van der Waals surface area contributed by atoms with Gasteiger partial charge in [-0.25, -0.2) is 4.79 Å². The first-order valence-electron chi connectivity index (χ1n) is 9.89. The van der Waals surface area contributed by atoms with Crippen molar-refractivity contribution in [3.63, 3.8) is 0 Å². The molecular formula is C24H32N2O4. The zero-order valence-corrected chi connectivity index (χ0v) is 18.4. The second-order valence-electron chi connectivity index (χ2n) is 7.93. The Hall–Kier alpha value is -3.15. The summed E-state index contributed by atoms with van der Waals surface area (Å²) in [4.78, 5) is 35.1. The summed E-state index contributed by atoms with van der Waals surface area (Å²) in [6.45, 7) is 8.47. The second kappa shape index (κ2) is 12.4. The van der Waals surface area contributed by atoms with Gasteiger partial charge in [-0.15, -0.1) is 0 Å². The summed E-state index contributed by atoms with van der Waals surface area (Å²) < 4.78 is 5.04. The van der Waals surface area contributed by atoms with Crippen LogP contribution in [0.15, 0.2) is 60.7 Å². The molecule has 1 atom stereocenters. The normalized spacial score (nSPS) is 11.4. The average molecular weight is 413 g/mol. The minimum atomic E-state index is -0.671. The standard InChI is InChI=1S/C17H24N2O4.C7H8/c1-12(20)14(10-13-8-6-5-7-9-13)19-15(21)11-18-16(22)23-17(2,3)4;1-7-5-3-2-4-6-7/h5-9,14H,10-11H2,1-4H3,(H,18,22)(H,19,21);2-6H,1H3. The van der Waals surface area contributed by atoms with Gasteiger partial charge < -0.3 is 15.4 Å². The molecular weight excluding hydrogens is 380 g/mol. The summed E-state index contributed by atoms with van der Waals surface area (Å²) in [5, 5.41) is 4.99. The van der Waals surface area contributed by atoms with Crippen molar-refractivity contribution in [2.24, 2.45) is 0 Å². The Labute approximate surface area is 179 Å². The highest BCUT2D eigenvalue weighted by molar-refractivity contribution is 5.89. The van der Waals surface area contributed by atoms with E-state index in [0.29, 0.717) is 6.42 Å². The zero-order chi connectivity index (χ0) is 22.6. The summed E-state index contributed by atoms with van der Waals surface area (Å²) in [5.74, 6) is -0.577. The Kier molecular flexibility index (Phi) is 10.3. The minimum absolute atomic E-state index is 0.139. The van der Waals surface area contributed by atoms with Crippen LogP contribution in [0.5, 0.6) is 0 Å². The van der Waals surface area contributed by atoms with E-state index in [9.17, 15) is 14.4 Å². The quantitative estimate of drug-likeness (QED) is 0.755. The van der Waals surface area contributed by atoms with Crippen LogP contribution in [0.3, 0.4) is 0 Å². The van der Waals surface area contributed by atoms with E-state index in [1.165, 1.54) is 12.5 Å². The molecule has 0 aliphatic rings. The third kappa shape index (κ3) is 11.6. The highest BCUT2D eigenvalue weighted by atomic mass is 16.6. The molecule has 0 radical (unpaired) electrons. The fourth-order valence-electron chi connectivity index (χ4n) is 2.39. The predicted octanol–water partition coefficient (Wildman–Crippen LogP) is 3.82. The molecule has 0 aliphatic carbocycles. The highest BCUT2D eigenvalue weighted by Crippen LogP contribution is 2.06. The van der Waals surface area contributed by atoms with Crippen molar-refractivity contribution in [1.82, 2.24) is 10.6 Å². The first-order valence-corrected chi connectivity index (χ1v) is 9.89. The number of carbonyl (C=O) groups is 3. The van der Waals surface area contributed by atoms with Crippen LogP contribution in [-0.2, 0) is 20.7 Å². The van der Waals surface area contributed by atoms with Gasteiger partial charge in [-0.1, -0.05) is 66.2 Å². The van der Waals surface area contributed by atoms with Gasteiger partial charge in [0, 0.05) is 0 Å². The molecule has 162 valence electrons. The lowest BCUT2D eigenvalue weighted by molar-refractivity contribution is -0.126. The van der Waals surface area contributed by atoms with Gasteiger partial charge in [-0.2, -0.15) is 0 Å². The third-order valence-electron chi connectivity index (χ3n) is 3.84. The van der Waals surface area contributed by atoms with Crippen LogP contribution in [0.25, 0.3) is 0 Å². The number of hydrogen-bond acceptors (Lipinski definition) is 4. The summed E-state index contributed by atoms with van der Waals surface area (Å²) in [6, 6.07) is 19.1. The van der Waals surface area contributed by atoms with Crippen molar-refractivity contribution >= 4 is 17.8 Å². The fourth-order valence-corrected chi connectivity index (χ4v) is 2.39. The molecule has 0 saturated heterocycles. The molecule has 0 fully saturated rings. The summed E-state index contributed by atoms with van der Waals surface area (Å²) >= 11 is 0. The Morgan fingerprint density at radius 3 is 1.90 bits per heavy atom. The molecule has 6 nitrogen and oxygen atoms in total. The molecule has 2 amide bonds. The molecule has 2 aromatic carbocycles. The molecule has 0 aromatic heterocycles. The SMILES string of the molecule is CC(=O)C(Cc1ccccc1)NC(=O)CNC(=O)OC(C)(C)C.Cc1ccccc1. The molecule has 0 bridgehead atoms. The smallest absolute Gasteiger partial charge is 0.408 e. The van der Waals surface area contributed by atoms with E-state index in [-0.39, 0.29) is 12.3 Å². The molecule has 0 aliphatic heterocycles. The third-order valence-corrected chi connectivity index (χ3v) is 3.84. The number of nitrogens with one attached hydrogen (secondary N) is 2. The van der Waals surface area contributed by atoms with Crippen molar-refractivity contribution in [3.8, 4) is 0 Å². The lowest BCUT2D eigenvalue weighted by Crippen LogP contribution is -2.46. The topological polar surface area (TPSA) is 84.5 Å². The molecule has 0 spiro atoms. The van der Waals surface area contributed by atoms with Crippen molar-refractivity contribution in [2.45, 2.75) is 52.7 Å². The van der Waals surface area contributed by atoms with E-state index < -0.39 is 23.6 Å². The van der Waals surface area contributed by atoms with Crippen LogP contribution in [0.2, 0.25) is 0 Å². The number of aryl methyl sites for hydroxylation is 1. The Balaban J connectivity index is 0.000000539. The van der Waals surface area contributed by atoms with Crippen LogP contribution in [0.4, 0.5) is 4.79 Å². The number of amides is 2. The number of ether oxygens (including phenoxy) is 1. The monoisotopic (exact) mass is 412 g/mol. The van der Waals surface area contributed by atoms with Crippen molar-refractivity contribution in [1.29, 1.82) is 0 Å². The summed E-state index contributed by atoms with van der Waals surface area (Å²) in [6.07, 6.45) is -0.260. The number of alkyl carbamates (subject to hydrolysis) is 1. The van der Waals surface area contributed by atoms with Gasteiger partial charge in [0.15, 0.2) is 5.78 Å². The van der Waals surface area contributed by atoms with Crippen LogP contribution in [0.1, 0.15) is 38.8 Å². The lowest BCUT2D eigenvalue weighted by atomic mass is 10.0. The lowest BCUT2D eigenvalue weighted by Gasteiger charge is -2.20. The number of carbonyl (C=O) groups excluding carboxylic acids is 3. The molecule has 2 N–H and O–H groups in total. The Morgan fingerprint density at radius 2 is 1.47 bits per heavy atom. The number of Topliss-reactive ketones (excluding diaryl/α,β-unsaturated/α-hetero) is 1. The highest BCUT2D eigenvalue weighted by Gasteiger charge is 2.19. The number of hydrogen-bond donors (Lipinski definition) is 2. The molecule has 0 heterocycles.